The zero-order valence-electron chi connectivity index (χ0n) is 43.9. The van der Waals surface area contributed by atoms with Crippen LogP contribution < -0.4 is 5.11 Å². The van der Waals surface area contributed by atoms with Crippen LogP contribution in [0.4, 0.5) is 0 Å². The van der Waals surface area contributed by atoms with E-state index in [4.69, 9.17) is 18.9 Å². The molecule has 0 N–H and O–H groups in total. The lowest BCUT2D eigenvalue weighted by Gasteiger charge is -2.26. The molecule has 0 rings (SSSR count). The number of likely N-dealkylation sites (N-methyl/N-ethyl adjacent to an activating group) is 1. The van der Waals surface area contributed by atoms with E-state index >= 15 is 0 Å². The average molecular weight is 924 g/mol. The van der Waals surface area contributed by atoms with Crippen molar-refractivity contribution in [3.63, 3.8) is 0 Å². The summed E-state index contributed by atoms with van der Waals surface area (Å²) in [5.41, 5.74) is 0. The number of carboxylic acid groups (broad SMARTS) is 1. The molecule has 0 aromatic rings. The van der Waals surface area contributed by atoms with Crippen LogP contribution in [0.5, 0.6) is 0 Å². The summed E-state index contributed by atoms with van der Waals surface area (Å²) in [5, 5.41) is 11.8. The van der Waals surface area contributed by atoms with Gasteiger partial charge in [0, 0.05) is 12.8 Å². The highest BCUT2D eigenvalue weighted by Gasteiger charge is 2.22. The van der Waals surface area contributed by atoms with Crippen molar-refractivity contribution in [2.45, 2.75) is 296 Å². The van der Waals surface area contributed by atoms with Gasteiger partial charge < -0.3 is 33.3 Å². The fraction of sp³-hybridized carbons (Fsp3) is 0.946. The Balaban J connectivity index is 4.22. The van der Waals surface area contributed by atoms with Crippen molar-refractivity contribution in [2.24, 2.45) is 0 Å². The fourth-order valence-corrected chi connectivity index (χ4v) is 8.48. The van der Waals surface area contributed by atoms with Crippen molar-refractivity contribution in [1.82, 2.24) is 0 Å². The summed E-state index contributed by atoms with van der Waals surface area (Å²) < 4.78 is 22.7. The number of ether oxygens (including phenoxy) is 4. The molecule has 0 aliphatic rings. The van der Waals surface area contributed by atoms with Crippen LogP contribution in [0.15, 0.2) is 0 Å². The van der Waals surface area contributed by atoms with Crippen molar-refractivity contribution in [2.75, 3.05) is 47.5 Å². The van der Waals surface area contributed by atoms with Gasteiger partial charge in [-0.05, 0) is 12.8 Å². The van der Waals surface area contributed by atoms with Crippen molar-refractivity contribution in [3.05, 3.63) is 0 Å². The fourth-order valence-electron chi connectivity index (χ4n) is 8.48. The van der Waals surface area contributed by atoms with E-state index in [2.05, 4.69) is 13.8 Å². The van der Waals surface area contributed by atoms with E-state index in [0.29, 0.717) is 17.4 Å². The largest absolute Gasteiger partial charge is 0.545 e. The maximum absolute atomic E-state index is 12.8. The minimum atomic E-state index is -1.61. The molecule has 0 amide bonds. The zero-order valence-corrected chi connectivity index (χ0v) is 43.9. The molecule has 0 saturated carbocycles. The summed E-state index contributed by atoms with van der Waals surface area (Å²) in [6.45, 7) is 4.82. The summed E-state index contributed by atoms with van der Waals surface area (Å²) in [6, 6.07) is 0. The second kappa shape index (κ2) is 48.7. The van der Waals surface area contributed by atoms with Crippen LogP contribution >= 0.6 is 0 Å². The Labute approximate surface area is 403 Å². The SMILES string of the molecule is CCCCCCCCCCCCCCCCCCCCCCC(=O)OCC(COC(OCC[N+](C)(C)C)C(=O)[O-])OC(=O)CCCCCCCCCCCCCCCCCCCCCC. The first kappa shape index (κ1) is 63.3. The third kappa shape index (κ3) is 50.0. The van der Waals surface area contributed by atoms with E-state index < -0.39 is 24.3 Å². The molecule has 0 aromatic carbocycles. The van der Waals surface area contributed by atoms with E-state index in [1.165, 1.54) is 218 Å². The van der Waals surface area contributed by atoms with Gasteiger partial charge in [0.1, 0.15) is 13.2 Å². The van der Waals surface area contributed by atoms with Gasteiger partial charge in [0.15, 0.2) is 12.4 Å². The van der Waals surface area contributed by atoms with Crippen LogP contribution in [0, 0.1) is 0 Å². The van der Waals surface area contributed by atoms with Crippen molar-refractivity contribution in [3.8, 4) is 0 Å². The zero-order chi connectivity index (χ0) is 47.7. The minimum Gasteiger partial charge on any atom is -0.545 e. The number of unbranched alkanes of at least 4 members (excludes halogenated alkanes) is 38. The molecule has 0 fully saturated rings. The predicted molar refractivity (Wildman–Crippen MR) is 270 cm³/mol. The van der Waals surface area contributed by atoms with Crippen LogP contribution in [-0.2, 0) is 33.3 Å². The van der Waals surface area contributed by atoms with Gasteiger partial charge >= 0.3 is 11.9 Å². The monoisotopic (exact) mass is 924 g/mol. The molecule has 0 saturated heterocycles. The van der Waals surface area contributed by atoms with E-state index in [1.807, 2.05) is 21.1 Å². The molecule has 0 aliphatic heterocycles. The van der Waals surface area contributed by atoms with Gasteiger partial charge in [-0.15, -0.1) is 0 Å². The maximum atomic E-state index is 12.8. The molecule has 9 heteroatoms. The van der Waals surface area contributed by atoms with E-state index in [0.717, 1.165) is 38.5 Å². The second-order valence-corrected chi connectivity index (χ2v) is 20.6. The Morgan fingerprint density at radius 1 is 0.400 bits per heavy atom. The molecular weight excluding hydrogens is 815 g/mol. The first-order valence-electron chi connectivity index (χ1n) is 28.2. The molecule has 0 spiro atoms. The summed E-state index contributed by atoms with van der Waals surface area (Å²) in [6.07, 6.45) is 50.0. The smallest absolute Gasteiger partial charge is 0.306 e. The summed E-state index contributed by atoms with van der Waals surface area (Å²) in [7, 11) is 5.93. The molecular formula is C56H109NO8. The standard InChI is InChI=1S/C56H109NO8/c1-6-8-10-12-14-16-18-20-22-24-26-28-30-32-34-36-38-40-42-44-46-53(58)63-50-52(51-64-56(55(60)61)62-49-48-57(3,4)5)65-54(59)47-45-43-41-39-37-35-33-31-29-27-25-23-21-19-17-15-13-11-9-7-2/h52,56H,6-51H2,1-5H3. The number of carbonyl (C=O) groups excluding carboxylic acids is 3. The van der Waals surface area contributed by atoms with Crippen LogP contribution in [0.2, 0.25) is 0 Å². The van der Waals surface area contributed by atoms with Crippen LogP contribution in [-0.4, -0.2) is 82.3 Å². The number of rotatable bonds is 53. The average Bonchev–Trinajstić information content (AvgIpc) is 3.27. The Morgan fingerprint density at radius 2 is 0.692 bits per heavy atom. The van der Waals surface area contributed by atoms with Crippen LogP contribution in [0.3, 0.4) is 0 Å². The van der Waals surface area contributed by atoms with Gasteiger partial charge in [-0.1, -0.05) is 258 Å². The third-order valence-corrected chi connectivity index (χ3v) is 12.9. The lowest BCUT2D eigenvalue weighted by Crippen LogP contribution is -2.44. The number of nitrogens with zero attached hydrogens (tertiary/aromatic N) is 1. The molecule has 65 heavy (non-hydrogen) atoms. The van der Waals surface area contributed by atoms with Gasteiger partial charge in [0.05, 0.1) is 40.3 Å². The van der Waals surface area contributed by atoms with Crippen LogP contribution in [0.1, 0.15) is 284 Å². The second-order valence-electron chi connectivity index (χ2n) is 20.6. The number of aliphatic carboxylic acids is 1. The Bertz CT molecular complexity index is 1030. The lowest BCUT2D eigenvalue weighted by molar-refractivity contribution is -0.870. The number of carbonyl (C=O) groups is 3. The molecule has 2 unspecified atom stereocenters. The van der Waals surface area contributed by atoms with E-state index in [1.54, 1.807) is 0 Å². The molecule has 0 radical (unpaired) electrons. The highest BCUT2D eigenvalue weighted by molar-refractivity contribution is 5.70. The molecule has 0 bridgehead atoms. The molecule has 0 aromatic heterocycles. The predicted octanol–water partition coefficient (Wildman–Crippen LogP) is 14.7. The van der Waals surface area contributed by atoms with E-state index in [9.17, 15) is 19.5 Å². The number of hydrogen-bond donors (Lipinski definition) is 0. The summed E-state index contributed by atoms with van der Waals surface area (Å²) >= 11 is 0. The molecule has 386 valence electrons. The first-order chi connectivity index (χ1) is 31.6. The van der Waals surface area contributed by atoms with Crippen LogP contribution in [0.25, 0.3) is 0 Å². The number of esters is 2. The normalized spacial score (nSPS) is 12.7. The highest BCUT2D eigenvalue weighted by atomic mass is 16.7. The minimum absolute atomic E-state index is 0.153. The molecule has 0 heterocycles. The highest BCUT2D eigenvalue weighted by Crippen LogP contribution is 2.18. The summed E-state index contributed by atoms with van der Waals surface area (Å²) in [5.74, 6) is -2.25. The van der Waals surface area contributed by atoms with Gasteiger partial charge in [-0.2, -0.15) is 0 Å². The van der Waals surface area contributed by atoms with Gasteiger partial charge in [-0.25, -0.2) is 0 Å². The topological polar surface area (TPSA) is 111 Å². The van der Waals surface area contributed by atoms with Gasteiger partial charge in [0.25, 0.3) is 0 Å². The van der Waals surface area contributed by atoms with Gasteiger partial charge in [0.2, 0.25) is 0 Å². The van der Waals surface area contributed by atoms with E-state index in [-0.39, 0.29) is 32.2 Å². The Hall–Kier alpha value is -1.71. The number of hydrogen-bond acceptors (Lipinski definition) is 8. The Kier molecular flexibility index (Phi) is 47.5. The van der Waals surface area contributed by atoms with Gasteiger partial charge in [-0.3, -0.25) is 9.59 Å². The molecule has 2 atom stereocenters. The third-order valence-electron chi connectivity index (χ3n) is 12.9. The first-order valence-corrected chi connectivity index (χ1v) is 28.2. The quantitative estimate of drug-likeness (QED) is 0.0257. The summed E-state index contributed by atoms with van der Waals surface area (Å²) in [4.78, 5) is 37.2. The maximum Gasteiger partial charge on any atom is 0.306 e. The lowest BCUT2D eigenvalue weighted by atomic mass is 10.0. The van der Waals surface area contributed by atoms with Crippen molar-refractivity contribution >= 4 is 17.9 Å². The Morgan fingerprint density at radius 3 is 0.985 bits per heavy atom. The molecule has 0 aliphatic carbocycles. The number of quaternary nitrogens is 1. The van der Waals surface area contributed by atoms with Crippen molar-refractivity contribution in [1.29, 1.82) is 0 Å². The molecule has 9 nitrogen and oxygen atoms in total. The van der Waals surface area contributed by atoms with Crippen molar-refractivity contribution < 1.29 is 42.9 Å². The number of carboxylic acids is 1.